The Bertz CT molecular complexity index is 516. The molecule has 0 aliphatic carbocycles. The molecule has 0 saturated carbocycles. The van der Waals surface area contributed by atoms with Crippen molar-refractivity contribution >= 4 is 5.82 Å². The maximum absolute atomic E-state index is 5.72. The maximum atomic E-state index is 5.72. The second-order valence-electron chi connectivity index (χ2n) is 3.54. The number of nitrogens with two attached hydrogens (primary N) is 1. The zero-order valence-corrected chi connectivity index (χ0v) is 9.60. The van der Waals surface area contributed by atoms with Crippen LogP contribution < -0.4 is 5.73 Å². The fourth-order valence-corrected chi connectivity index (χ4v) is 1.51. The molecule has 0 saturated heterocycles. The highest BCUT2D eigenvalue weighted by Gasteiger charge is 2.08. The summed E-state index contributed by atoms with van der Waals surface area (Å²) in [6, 6.07) is 1.69. The van der Waals surface area contributed by atoms with Crippen molar-refractivity contribution < 1.29 is 0 Å². The SMILES string of the molecule is CCc1nc(N)cc(-n2nc(C)nc2C)n1. The molecule has 2 heterocycles. The molecule has 0 aliphatic rings. The molecule has 6 heteroatoms. The number of anilines is 1. The van der Waals surface area contributed by atoms with Gasteiger partial charge in [-0.3, -0.25) is 0 Å². The van der Waals surface area contributed by atoms with Gasteiger partial charge in [0, 0.05) is 12.5 Å². The molecule has 0 fully saturated rings. The second-order valence-corrected chi connectivity index (χ2v) is 3.54. The number of nitrogen functional groups attached to an aromatic ring is 1. The van der Waals surface area contributed by atoms with Gasteiger partial charge in [-0.15, -0.1) is 5.10 Å². The molecule has 2 rings (SSSR count). The van der Waals surface area contributed by atoms with Gasteiger partial charge in [0.1, 0.15) is 23.3 Å². The molecule has 16 heavy (non-hydrogen) atoms. The molecule has 0 aliphatic heterocycles. The van der Waals surface area contributed by atoms with Gasteiger partial charge >= 0.3 is 0 Å². The zero-order chi connectivity index (χ0) is 11.7. The van der Waals surface area contributed by atoms with Crippen molar-refractivity contribution in [3.63, 3.8) is 0 Å². The van der Waals surface area contributed by atoms with Gasteiger partial charge in [-0.1, -0.05) is 6.92 Å². The molecule has 6 nitrogen and oxygen atoms in total. The lowest BCUT2D eigenvalue weighted by Gasteiger charge is -2.04. The van der Waals surface area contributed by atoms with Crippen LogP contribution in [0.25, 0.3) is 5.82 Å². The van der Waals surface area contributed by atoms with Crippen molar-refractivity contribution in [2.75, 3.05) is 5.73 Å². The molecule has 0 aromatic carbocycles. The van der Waals surface area contributed by atoms with E-state index in [1.807, 2.05) is 20.8 Å². The number of aromatic nitrogens is 5. The fourth-order valence-electron chi connectivity index (χ4n) is 1.51. The van der Waals surface area contributed by atoms with E-state index in [0.717, 1.165) is 12.2 Å². The third-order valence-corrected chi connectivity index (χ3v) is 2.19. The molecule has 0 amide bonds. The summed E-state index contributed by atoms with van der Waals surface area (Å²) in [6.45, 7) is 5.71. The summed E-state index contributed by atoms with van der Waals surface area (Å²) < 4.78 is 1.67. The molecule has 2 aromatic rings. The molecule has 0 spiro atoms. The van der Waals surface area contributed by atoms with E-state index in [9.17, 15) is 0 Å². The quantitative estimate of drug-likeness (QED) is 0.806. The summed E-state index contributed by atoms with van der Waals surface area (Å²) in [4.78, 5) is 12.7. The van der Waals surface area contributed by atoms with Crippen LogP contribution in [0.1, 0.15) is 24.4 Å². The van der Waals surface area contributed by atoms with Crippen LogP contribution in [0.3, 0.4) is 0 Å². The van der Waals surface area contributed by atoms with Gasteiger partial charge in [-0.25, -0.2) is 15.0 Å². The summed E-state index contributed by atoms with van der Waals surface area (Å²) in [5.74, 6) is 3.34. The first-order valence-electron chi connectivity index (χ1n) is 5.14. The third kappa shape index (κ3) is 1.86. The molecule has 0 bridgehead atoms. The number of hydrogen-bond donors (Lipinski definition) is 1. The van der Waals surface area contributed by atoms with Crippen LogP contribution in [0.5, 0.6) is 0 Å². The zero-order valence-electron chi connectivity index (χ0n) is 9.60. The fraction of sp³-hybridized carbons (Fsp3) is 0.400. The van der Waals surface area contributed by atoms with Crippen molar-refractivity contribution in [2.45, 2.75) is 27.2 Å². The highest BCUT2D eigenvalue weighted by molar-refractivity contribution is 5.37. The van der Waals surface area contributed by atoms with Crippen LogP contribution >= 0.6 is 0 Å². The summed E-state index contributed by atoms with van der Waals surface area (Å²) in [5.41, 5.74) is 5.72. The van der Waals surface area contributed by atoms with E-state index in [1.165, 1.54) is 0 Å². The number of aryl methyl sites for hydroxylation is 3. The minimum Gasteiger partial charge on any atom is -0.384 e. The summed E-state index contributed by atoms with van der Waals surface area (Å²) >= 11 is 0. The summed E-state index contributed by atoms with van der Waals surface area (Å²) in [6.07, 6.45) is 0.741. The van der Waals surface area contributed by atoms with E-state index in [-0.39, 0.29) is 0 Å². The average Bonchev–Trinajstić information content (AvgIpc) is 2.57. The maximum Gasteiger partial charge on any atom is 0.161 e. The van der Waals surface area contributed by atoms with Crippen LogP contribution in [0, 0.1) is 13.8 Å². The van der Waals surface area contributed by atoms with Crippen LogP contribution in [0.15, 0.2) is 6.07 Å². The van der Waals surface area contributed by atoms with Crippen molar-refractivity contribution in [2.24, 2.45) is 0 Å². The van der Waals surface area contributed by atoms with E-state index in [0.29, 0.717) is 23.3 Å². The van der Waals surface area contributed by atoms with Gasteiger partial charge in [0.05, 0.1) is 0 Å². The molecule has 0 atom stereocenters. The predicted molar refractivity (Wildman–Crippen MR) is 60.2 cm³/mol. The molecular formula is C10H14N6. The largest absolute Gasteiger partial charge is 0.384 e. The van der Waals surface area contributed by atoms with Crippen molar-refractivity contribution in [1.29, 1.82) is 0 Å². The highest BCUT2D eigenvalue weighted by atomic mass is 15.4. The number of hydrogen-bond acceptors (Lipinski definition) is 5. The lowest BCUT2D eigenvalue weighted by atomic mass is 10.4. The first-order valence-corrected chi connectivity index (χ1v) is 5.14. The van der Waals surface area contributed by atoms with Crippen LogP contribution in [0.2, 0.25) is 0 Å². The summed E-state index contributed by atoms with van der Waals surface area (Å²) in [5, 5.41) is 4.26. The van der Waals surface area contributed by atoms with Gasteiger partial charge in [0.25, 0.3) is 0 Å². The van der Waals surface area contributed by atoms with Crippen LogP contribution in [-0.2, 0) is 6.42 Å². The average molecular weight is 218 g/mol. The van der Waals surface area contributed by atoms with Gasteiger partial charge in [0.15, 0.2) is 5.82 Å². The van der Waals surface area contributed by atoms with Crippen molar-refractivity contribution in [3.8, 4) is 5.82 Å². The van der Waals surface area contributed by atoms with Crippen molar-refractivity contribution in [1.82, 2.24) is 24.7 Å². The third-order valence-electron chi connectivity index (χ3n) is 2.19. The van der Waals surface area contributed by atoms with Gasteiger partial charge in [-0.2, -0.15) is 4.68 Å². The molecule has 2 N–H and O–H groups in total. The van der Waals surface area contributed by atoms with Crippen LogP contribution in [-0.4, -0.2) is 24.7 Å². The Labute approximate surface area is 93.6 Å². The normalized spacial score (nSPS) is 10.7. The monoisotopic (exact) mass is 218 g/mol. The highest BCUT2D eigenvalue weighted by Crippen LogP contribution is 2.10. The Morgan fingerprint density at radius 3 is 2.56 bits per heavy atom. The summed E-state index contributed by atoms with van der Waals surface area (Å²) in [7, 11) is 0. The first-order chi connectivity index (χ1) is 7.60. The molecule has 0 radical (unpaired) electrons. The first kappa shape index (κ1) is 10.5. The molecular weight excluding hydrogens is 204 g/mol. The van der Waals surface area contributed by atoms with Crippen LogP contribution in [0.4, 0.5) is 5.82 Å². The van der Waals surface area contributed by atoms with Gasteiger partial charge in [0.2, 0.25) is 0 Å². The Kier molecular flexibility index (Phi) is 2.55. The van der Waals surface area contributed by atoms with E-state index >= 15 is 0 Å². The Balaban J connectivity index is 2.55. The van der Waals surface area contributed by atoms with Crippen molar-refractivity contribution in [3.05, 3.63) is 23.5 Å². The second kappa shape index (κ2) is 3.88. The molecule has 2 aromatic heterocycles. The minimum atomic E-state index is 0.453. The Morgan fingerprint density at radius 2 is 2.00 bits per heavy atom. The predicted octanol–water partition coefficient (Wildman–Crippen LogP) is 0.819. The van der Waals surface area contributed by atoms with Gasteiger partial charge in [-0.05, 0) is 13.8 Å². The molecule has 0 unspecified atom stereocenters. The van der Waals surface area contributed by atoms with E-state index in [1.54, 1.807) is 10.7 Å². The van der Waals surface area contributed by atoms with E-state index in [4.69, 9.17) is 5.73 Å². The lowest BCUT2D eigenvalue weighted by molar-refractivity contribution is 0.782. The minimum absolute atomic E-state index is 0.453. The smallest absolute Gasteiger partial charge is 0.161 e. The number of rotatable bonds is 2. The Hall–Kier alpha value is -1.98. The van der Waals surface area contributed by atoms with E-state index in [2.05, 4.69) is 20.1 Å². The Morgan fingerprint density at radius 1 is 1.25 bits per heavy atom. The topological polar surface area (TPSA) is 82.5 Å². The molecule has 84 valence electrons. The standard InChI is InChI=1S/C10H14N6/c1-4-9-13-8(11)5-10(14-9)16-7(3)12-6(2)15-16/h5H,4H2,1-3H3,(H2,11,13,14). The number of nitrogens with zero attached hydrogens (tertiary/aromatic N) is 5. The van der Waals surface area contributed by atoms with Gasteiger partial charge < -0.3 is 5.73 Å². The van der Waals surface area contributed by atoms with E-state index < -0.39 is 0 Å². The lowest BCUT2D eigenvalue weighted by Crippen LogP contribution is -2.07.